The van der Waals surface area contributed by atoms with Crippen LogP contribution >= 0.6 is 12.2 Å². The molecule has 108 valence electrons. The van der Waals surface area contributed by atoms with E-state index in [1.165, 1.54) is 0 Å². The lowest BCUT2D eigenvalue weighted by Gasteiger charge is -2.38. The van der Waals surface area contributed by atoms with Gasteiger partial charge in [0.15, 0.2) is 10.9 Å². The topological polar surface area (TPSA) is 54.0 Å². The summed E-state index contributed by atoms with van der Waals surface area (Å²) in [6.07, 6.45) is 3.44. The lowest BCUT2D eigenvalue weighted by atomic mass is 9.81. The van der Waals surface area contributed by atoms with E-state index in [0.717, 1.165) is 16.8 Å². The third kappa shape index (κ3) is 1.66. The van der Waals surface area contributed by atoms with E-state index in [0.29, 0.717) is 16.2 Å². The van der Waals surface area contributed by atoms with Crippen molar-refractivity contribution in [3.05, 3.63) is 71.1 Å². The van der Waals surface area contributed by atoms with Crippen molar-refractivity contribution in [1.29, 1.82) is 0 Å². The van der Waals surface area contributed by atoms with Gasteiger partial charge in [-0.3, -0.25) is 9.78 Å². The van der Waals surface area contributed by atoms with Gasteiger partial charge in [0.25, 0.3) is 0 Å². The van der Waals surface area contributed by atoms with Crippen LogP contribution in [0.25, 0.3) is 5.70 Å². The Kier molecular flexibility index (Phi) is 2.68. The summed E-state index contributed by atoms with van der Waals surface area (Å²) in [7, 11) is 0. The largest absolute Gasteiger partial charge is 0.349 e. The molecule has 1 aliphatic carbocycles. The minimum Gasteiger partial charge on any atom is -0.349 e. The summed E-state index contributed by atoms with van der Waals surface area (Å²) in [5.74, 6) is 0.0346. The zero-order chi connectivity index (χ0) is 15.3. The van der Waals surface area contributed by atoms with Crippen molar-refractivity contribution < 1.29 is 4.79 Å². The summed E-state index contributed by atoms with van der Waals surface area (Å²) in [5.41, 5.74) is 3.42. The number of hydrogen-bond acceptors (Lipinski definition) is 3. The molecule has 5 heteroatoms. The van der Waals surface area contributed by atoms with Crippen molar-refractivity contribution in [1.82, 2.24) is 15.6 Å². The first-order valence-electron chi connectivity index (χ1n) is 7.00. The molecule has 0 amide bonds. The van der Waals surface area contributed by atoms with Crippen molar-refractivity contribution in [3.8, 4) is 0 Å². The number of nitrogens with zero attached hydrogens (tertiary/aromatic N) is 1. The number of nitrogens with one attached hydrogen (secondary N) is 2. The monoisotopic (exact) mass is 307 g/mol. The normalized spacial score (nSPS) is 22.8. The van der Waals surface area contributed by atoms with Crippen LogP contribution in [-0.2, 0) is 5.54 Å². The molecule has 0 saturated carbocycles. The highest BCUT2D eigenvalue weighted by atomic mass is 32.1. The van der Waals surface area contributed by atoms with E-state index in [1.807, 2.05) is 43.3 Å². The number of carbonyl (C=O) groups is 1. The van der Waals surface area contributed by atoms with Gasteiger partial charge < -0.3 is 10.6 Å². The summed E-state index contributed by atoms with van der Waals surface area (Å²) < 4.78 is 0. The Morgan fingerprint density at radius 2 is 1.77 bits per heavy atom. The Bertz CT molecular complexity index is 844. The number of hydrogen-bond donors (Lipinski definition) is 2. The average Bonchev–Trinajstić information content (AvgIpc) is 2.82. The van der Waals surface area contributed by atoms with Gasteiger partial charge in [-0.15, -0.1) is 0 Å². The highest BCUT2D eigenvalue weighted by Crippen LogP contribution is 2.43. The van der Waals surface area contributed by atoms with Crippen molar-refractivity contribution in [2.24, 2.45) is 0 Å². The molecule has 2 heterocycles. The number of Topliss-reactive ketones (excluding diaryl/α,β-unsaturated/α-hetero) is 1. The predicted molar refractivity (Wildman–Crippen MR) is 88.2 cm³/mol. The van der Waals surface area contributed by atoms with Crippen LogP contribution < -0.4 is 10.6 Å². The molecule has 1 unspecified atom stereocenters. The first kappa shape index (κ1) is 13.2. The molecule has 2 aliphatic rings. The second-order valence-electron chi connectivity index (χ2n) is 5.56. The lowest BCUT2D eigenvalue weighted by molar-refractivity contribution is 0.102. The first-order chi connectivity index (χ1) is 10.6. The fourth-order valence-corrected chi connectivity index (χ4v) is 3.53. The molecule has 0 saturated heterocycles. The van der Waals surface area contributed by atoms with Crippen molar-refractivity contribution in [2.75, 3.05) is 0 Å². The molecule has 0 radical (unpaired) electrons. The molecular weight excluding hydrogens is 294 g/mol. The Hall–Kier alpha value is -2.53. The van der Waals surface area contributed by atoms with Crippen LogP contribution in [0.1, 0.15) is 28.4 Å². The molecule has 0 spiro atoms. The fraction of sp³-hybridized carbons (Fsp3) is 0.118. The Morgan fingerprint density at radius 3 is 2.50 bits per heavy atom. The van der Waals surface area contributed by atoms with Crippen LogP contribution in [-0.4, -0.2) is 15.9 Å². The molecule has 1 aromatic heterocycles. The molecular formula is C17H13N3OS. The van der Waals surface area contributed by atoms with Gasteiger partial charge in [-0.25, -0.2) is 0 Å². The van der Waals surface area contributed by atoms with Crippen LogP contribution in [0.3, 0.4) is 0 Å². The Morgan fingerprint density at radius 1 is 1.09 bits per heavy atom. The van der Waals surface area contributed by atoms with Crippen LogP contribution in [0.2, 0.25) is 0 Å². The summed E-state index contributed by atoms with van der Waals surface area (Å²) in [4.78, 5) is 17.0. The fourth-order valence-electron chi connectivity index (χ4n) is 3.22. The van der Waals surface area contributed by atoms with Crippen LogP contribution in [0.4, 0.5) is 0 Å². The van der Waals surface area contributed by atoms with Gasteiger partial charge in [0.2, 0.25) is 0 Å². The summed E-state index contributed by atoms with van der Waals surface area (Å²) >= 11 is 5.36. The highest BCUT2D eigenvalue weighted by molar-refractivity contribution is 7.80. The molecule has 1 aliphatic heterocycles. The molecule has 1 atom stereocenters. The van der Waals surface area contributed by atoms with Gasteiger partial charge in [0.05, 0.1) is 16.8 Å². The third-order valence-electron chi connectivity index (χ3n) is 4.28. The van der Waals surface area contributed by atoms with E-state index in [4.69, 9.17) is 12.2 Å². The number of pyridine rings is 1. The molecule has 0 fully saturated rings. The van der Waals surface area contributed by atoms with E-state index in [2.05, 4.69) is 15.6 Å². The van der Waals surface area contributed by atoms with E-state index in [9.17, 15) is 4.79 Å². The maximum Gasteiger partial charge on any atom is 0.194 e. The van der Waals surface area contributed by atoms with Crippen LogP contribution in [0, 0.1) is 0 Å². The number of ketones is 1. The highest BCUT2D eigenvalue weighted by Gasteiger charge is 2.46. The van der Waals surface area contributed by atoms with Gasteiger partial charge in [-0.2, -0.15) is 0 Å². The van der Waals surface area contributed by atoms with Gasteiger partial charge in [-0.05, 0) is 36.8 Å². The lowest BCUT2D eigenvalue weighted by Crippen LogP contribution is -2.54. The second kappa shape index (κ2) is 4.48. The Balaban J connectivity index is 1.98. The van der Waals surface area contributed by atoms with Crippen molar-refractivity contribution in [2.45, 2.75) is 12.5 Å². The quantitative estimate of drug-likeness (QED) is 0.792. The SMILES string of the molecule is CC1(c2ccncc2)NC(=S)NC2=C1C(=O)c1ccccc12. The van der Waals surface area contributed by atoms with Gasteiger partial charge >= 0.3 is 0 Å². The van der Waals surface area contributed by atoms with Crippen molar-refractivity contribution in [3.63, 3.8) is 0 Å². The average molecular weight is 307 g/mol. The predicted octanol–water partition coefficient (Wildman–Crippen LogP) is 2.38. The second-order valence-corrected chi connectivity index (χ2v) is 5.97. The standard InChI is InChI=1S/C17H13N3OS/c1-17(10-6-8-18-9-7-10)13-14(19-16(22)20-17)11-4-2-3-5-12(11)15(13)21/h2-9H,1H3,(H2,19,20,22). The third-order valence-corrected chi connectivity index (χ3v) is 4.48. The molecule has 4 rings (SSSR count). The maximum absolute atomic E-state index is 12.9. The van der Waals surface area contributed by atoms with Crippen LogP contribution in [0.5, 0.6) is 0 Å². The molecule has 1 aromatic carbocycles. The molecule has 22 heavy (non-hydrogen) atoms. The van der Waals surface area contributed by atoms with E-state index < -0.39 is 5.54 Å². The molecule has 2 N–H and O–H groups in total. The van der Waals surface area contributed by atoms with E-state index >= 15 is 0 Å². The number of rotatable bonds is 1. The Labute approximate surface area is 133 Å². The van der Waals surface area contributed by atoms with Crippen LogP contribution in [0.15, 0.2) is 54.4 Å². The minimum absolute atomic E-state index is 0.0346. The number of aromatic nitrogens is 1. The summed E-state index contributed by atoms with van der Waals surface area (Å²) in [6, 6.07) is 11.4. The molecule has 4 nitrogen and oxygen atoms in total. The molecule has 0 bridgehead atoms. The minimum atomic E-state index is -0.670. The zero-order valence-corrected chi connectivity index (χ0v) is 12.7. The zero-order valence-electron chi connectivity index (χ0n) is 11.9. The van der Waals surface area contributed by atoms with E-state index in [1.54, 1.807) is 12.4 Å². The van der Waals surface area contributed by atoms with Gasteiger partial charge in [0, 0.05) is 23.5 Å². The number of carbonyl (C=O) groups excluding carboxylic acids is 1. The summed E-state index contributed by atoms with van der Waals surface area (Å²) in [5, 5.41) is 6.93. The van der Waals surface area contributed by atoms with Gasteiger partial charge in [0.1, 0.15) is 0 Å². The number of thiocarbonyl (C=S) groups is 1. The van der Waals surface area contributed by atoms with E-state index in [-0.39, 0.29) is 5.78 Å². The van der Waals surface area contributed by atoms with Gasteiger partial charge in [-0.1, -0.05) is 24.3 Å². The number of benzene rings is 1. The first-order valence-corrected chi connectivity index (χ1v) is 7.40. The summed E-state index contributed by atoms with van der Waals surface area (Å²) in [6.45, 7) is 1.98. The van der Waals surface area contributed by atoms with Crippen molar-refractivity contribution >= 4 is 28.8 Å². The smallest absolute Gasteiger partial charge is 0.194 e. The molecule has 2 aromatic rings. The number of fused-ring (bicyclic) bond motifs is 2. The maximum atomic E-state index is 12.9.